The van der Waals surface area contributed by atoms with Crippen molar-refractivity contribution in [3.63, 3.8) is 0 Å². The number of hydrogen-bond acceptors (Lipinski definition) is 10. The largest absolute Gasteiger partial charge is 0.480 e. The second-order valence-electron chi connectivity index (χ2n) is 7.68. The van der Waals surface area contributed by atoms with Gasteiger partial charge in [0.05, 0.1) is 24.9 Å². The van der Waals surface area contributed by atoms with E-state index in [9.17, 15) is 35.4 Å². The normalized spacial score (nSPS) is 43.3. The molecule has 11 nitrogen and oxygen atoms in total. The molecule has 2 saturated heterocycles. The smallest absolute Gasteiger partial charge is 0.329 e. The van der Waals surface area contributed by atoms with Crippen LogP contribution < -0.4 is 0 Å². The number of carbonyl (C=O) groups is 1. The molecule has 0 bridgehead atoms. The second-order valence-corrected chi connectivity index (χ2v) is 7.68. The van der Waals surface area contributed by atoms with Crippen molar-refractivity contribution in [2.24, 2.45) is 0 Å². The molecule has 2 heterocycles. The molecule has 2 aliphatic heterocycles. The monoisotopic (exact) mass is 424 g/mol. The Kier molecular flexibility index (Phi) is 9.19. The lowest BCUT2D eigenvalue weighted by atomic mass is 9.90. The van der Waals surface area contributed by atoms with E-state index in [4.69, 9.17) is 19.3 Å². The highest BCUT2D eigenvalue weighted by Gasteiger charge is 2.45. The van der Waals surface area contributed by atoms with Gasteiger partial charge in [0.25, 0.3) is 0 Å². The van der Waals surface area contributed by atoms with Crippen molar-refractivity contribution in [3.05, 3.63) is 0 Å². The van der Waals surface area contributed by atoms with Gasteiger partial charge in [0, 0.05) is 0 Å². The number of rotatable bonds is 9. The molecule has 7 N–H and O–H groups in total. The van der Waals surface area contributed by atoms with E-state index in [-0.39, 0.29) is 0 Å². The van der Waals surface area contributed by atoms with Crippen LogP contribution in [0.2, 0.25) is 0 Å². The molecule has 0 aromatic rings. The fraction of sp³-hybridized carbons (Fsp3) is 0.944. The predicted octanol–water partition coefficient (Wildman–Crippen LogP) is -2.63. The lowest BCUT2D eigenvalue weighted by Crippen LogP contribution is -2.59. The van der Waals surface area contributed by atoms with E-state index >= 15 is 0 Å². The molecule has 0 amide bonds. The quantitative estimate of drug-likeness (QED) is 0.192. The van der Waals surface area contributed by atoms with Crippen molar-refractivity contribution in [1.82, 2.24) is 0 Å². The summed E-state index contributed by atoms with van der Waals surface area (Å²) >= 11 is 0. The molecule has 170 valence electrons. The van der Waals surface area contributed by atoms with Crippen molar-refractivity contribution >= 4 is 5.97 Å². The minimum Gasteiger partial charge on any atom is -0.480 e. The van der Waals surface area contributed by atoms with Gasteiger partial charge in [0.1, 0.15) is 49.3 Å². The molecule has 0 aliphatic carbocycles. The van der Waals surface area contributed by atoms with Crippen molar-refractivity contribution in [1.29, 1.82) is 0 Å². The molecule has 2 rings (SSSR count). The summed E-state index contributed by atoms with van der Waals surface area (Å²) in [6.45, 7) is 0.390. The average molecular weight is 424 g/mol. The maximum Gasteiger partial charge on any atom is 0.329 e. The lowest BCUT2D eigenvalue weighted by molar-refractivity contribution is -0.243. The van der Waals surface area contributed by atoms with Crippen LogP contribution in [0, 0.1) is 0 Å². The summed E-state index contributed by atoms with van der Waals surface area (Å²) in [5.41, 5.74) is 0. The molecule has 0 saturated carbocycles. The molecule has 2 fully saturated rings. The first-order chi connectivity index (χ1) is 13.7. The highest BCUT2D eigenvalue weighted by atomic mass is 16.6. The van der Waals surface area contributed by atoms with E-state index in [1.165, 1.54) is 0 Å². The third-order valence-corrected chi connectivity index (χ3v) is 5.54. The van der Waals surface area contributed by atoms with Crippen LogP contribution in [0.1, 0.15) is 32.6 Å². The van der Waals surface area contributed by atoms with Crippen LogP contribution in [0.4, 0.5) is 0 Å². The van der Waals surface area contributed by atoms with Crippen LogP contribution >= 0.6 is 0 Å². The van der Waals surface area contributed by atoms with E-state index in [2.05, 4.69) is 0 Å². The van der Waals surface area contributed by atoms with Crippen LogP contribution in [-0.4, -0.2) is 116 Å². The third-order valence-electron chi connectivity index (χ3n) is 5.54. The van der Waals surface area contributed by atoms with E-state index in [1.54, 1.807) is 6.92 Å². The van der Waals surface area contributed by atoms with Crippen molar-refractivity contribution in [2.75, 3.05) is 13.2 Å². The van der Waals surface area contributed by atoms with Crippen molar-refractivity contribution in [3.8, 4) is 0 Å². The van der Waals surface area contributed by atoms with E-state index in [0.29, 0.717) is 25.7 Å². The Hall–Kier alpha value is -0.890. The number of ether oxygens (including phenoxy) is 3. The molecular formula is C18H32O11. The van der Waals surface area contributed by atoms with E-state index in [1.807, 2.05) is 0 Å². The number of aliphatic hydroxyl groups is 6. The number of carboxylic acids is 1. The second kappa shape index (κ2) is 10.9. The van der Waals surface area contributed by atoms with Crippen molar-refractivity contribution in [2.45, 2.75) is 93.6 Å². The summed E-state index contributed by atoms with van der Waals surface area (Å²) in [5, 5.41) is 68.2. The number of aliphatic hydroxyl groups excluding tert-OH is 6. The highest BCUT2D eigenvalue weighted by molar-refractivity contribution is 5.68. The molecule has 0 aromatic heterocycles. The maximum absolute atomic E-state index is 10.7. The highest BCUT2D eigenvalue weighted by Crippen LogP contribution is 2.28. The van der Waals surface area contributed by atoms with Gasteiger partial charge < -0.3 is 50.0 Å². The summed E-state index contributed by atoms with van der Waals surface area (Å²) < 4.78 is 16.1. The van der Waals surface area contributed by atoms with Gasteiger partial charge in [-0.05, 0) is 19.8 Å². The first-order valence-electron chi connectivity index (χ1n) is 9.82. The van der Waals surface area contributed by atoms with Crippen LogP contribution in [0.25, 0.3) is 0 Å². The van der Waals surface area contributed by atoms with Crippen LogP contribution in [0.5, 0.6) is 0 Å². The van der Waals surface area contributed by atoms with Crippen LogP contribution in [0.15, 0.2) is 0 Å². The Morgan fingerprint density at radius 3 is 1.93 bits per heavy atom. The molecule has 10 atom stereocenters. The predicted molar refractivity (Wildman–Crippen MR) is 96.0 cm³/mol. The van der Waals surface area contributed by atoms with Gasteiger partial charge in [-0.25, -0.2) is 4.79 Å². The molecule has 29 heavy (non-hydrogen) atoms. The topological polar surface area (TPSA) is 186 Å². The van der Waals surface area contributed by atoms with Gasteiger partial charge in [0.2, 0.25) is 0 Å². The van der Waals surface area contributed by atoms with E-state index < -0.39 is 80.2 Å². The van der Waals surface area contributed by atoms with Gasteiger partial charge >= 0.3 is 5.97 Å². The summed E-state index contributed by atoms with van der Waals surface area (Å²) in [7, 11) is 0. The molecule has 0 radical (unpaired) electrons. The SMILES string of the molecule is C[C@@H]1O[C@@H](CCCC[C@@H]2O[C@H](CO)[C@H](O)[C@H](OCC(=O)O)[C@H]2O)[C@@H](O)[C@H](O)[C@@H]1O. The Labute approximate surface area is 168 Å². The van der Waals surface area contributed by atoms with Gasteiger partial charge in [-0.15, -0.1) is 0 Å². The maximum atomic E-state index is 10.7. The zero-order chi connectivity index (χ0) is 21.7. The fourth-order valence-corrected chi connectivity index (χ4v) is 3.83. The first kappa shape index (κ1) is 24.4. The molecule has 0 spiro atoms. The zero-order valence-corrected chi connectivity index (χ0v) is 16.3. The van der Waals surface area contributed by atoms with Gasteiger partial charge in [-0.2, -0.15) is 0 Å². The number of unbranched alkanes of at least 4 members (excludes halogenated alkanes) is 1. The summed E-state index contributed by atoms with van der Waals surface area (Å²) in [5.74, 6) is -1.25. The van der Waals surface area contributed by atoms with Crippen LogP contribution in [0.3, 0.4) is 0 Å². The zero-order valence-electron chi connectivity index (χ0n) is 16.3. The Morgan fingerprint density at radius 2 is 1.38 bits per heavy atom. The van der Waals surface area contributed by atoms with Gasteiger partial charge in [-0.3, -0.25) is 0 Å². The summed E-state index contributed by atoms with van der Waals surface area (Å²) in [6, 6.07) is 0. The molecule has 11 heteroatoms. The average Bonchev–Trinajstić information content (AvgIpc) is 2.68. The lowest BCUT2D eigenvalue weighted by Gasteiger charge is -2.42. The number of carboxylic acid groups (broad SMARTS) is 1. The fourth-order valence-electron chi connectivity index (χ4n) is 3.83. The van der Waals surface area contributed by atoms with Crippen LogP contribution in [-0.2, 0) is 19.0 Å². The summed E-state index contributed by atoms with van der Waals surface area (Å²) in [6.07, 6.45) is -8.72. The van der Waals surface area contributed by atoms with Gasteiger partial charge in [-0.1, -0.05) is 12.8 Å². The first-order valence-corrected chi connectivity index (χ1v) is 9.82. The van der Waals surface area contributed by atoms with E-state index in [0.717, 1.165) is 0 Å². The standard InChI is InChI=1S/C18H32O11/c1-8-13(22)17(26)14(23)9(28-8)4-2-3-5-10-15(24)18(27-7-12(20)21)16(25)11(6-19)29-10/h8-11,13-19,22-26H,2-7H2,1H3,(H,20,21)/t8-,9-,10-,11+,13+,14+,15-,16-,17+,18+/m0/s1. The Balaban J connectivity index is 1.84. The van der Waals surface area contributed by atoms with Gasteiger partial charge in [0.15, 0.2) is 0 Å². The Morgan fingerprint density at radius 1 is 0.828 bits per heavy atom. The minimum atomic E-state index is -1.37. The summed E-state index contributed by atoms with van der Waals surface area (Å²) in [4.78, 5) is 10.7. The number of aliphatic carboxylic acids is 1. The Bertz CT molecular complexity index is 518. The van der Waals surface area contributed by atoms with Crippen molar-refractivity contribution < 1.29 is 54.8 Å². The molecule has 0 aromatic carbocycles. The third kappa shape index (κ3) is 6.06. The minimum absolute atomic E-state index is 0.334. The molecule has 0 unspecified atom stereocenters. The molecule has 2 aliphatic rings. The number of hydrogen-bond donors (Lipinski definition) is 7. The molecular weight excluding hydrogens is 392 g/mol.